The topological polar surface area (TPSA) is 24.1 Å². The first-order chi connectivity index (χ1) is 12.9. The highest BCUT2D eigenvalue weighted by Crippen LogP contribution is 2.41. The predicted octanol–water partition coefficient (Wildman–Crippen LogP) is 5.52. The maximum absolute atomic E-state index is 3.46. The van der Waals surface area contributed by atoms with Crippen molar-refractivity contribution in [2.45, 2.75) is 102 Å². The minimum atomic E-state index is 0.934. The molecule has 0 radical (unpaired) electrons. The fourth-order valence-corrected chi connectivity index (χ4v) is 6.89. The van der Waals surface area contributed by atoms with Gasteiger partial charge in [0, 0.05) is 6.04 Å². The van der Waals surface area contributed by atoms with Gasteiger partial charge in [0.05, 0.1) is 0 Å². The Hall–Kier alpha value is -0.0800. The van der Waals surface area contributed by atoms with E-state index in [4.69, 9.17) is 0 Å². The molecule has 0 aromatic heterocycles. The largest absolute Gasteiger partial charge is 0.316 e. The number of fused-ring (bicyclic) bond motifs is 3. The molecule has 2 nitrogen and oxygen atoms in total. The third-order valence-electron chi connectivity index (χ3n) is 8.68. The van der Waals surface area contributed by atoms with Crippen molar-refractivity contribution in [3.05, 3.63) is 0 Å². The molecule has 2 heteroatoms. The monoisotopic (exact) mass is 360 g/mol. The van der Waals surface area contributed by atoms with E-state index in [9.17, 15) is 0 Å². The molecule has 0 bridgehead atoms. The van der Waals surface area contributed by atoms with Crippen LogP contribution in [0.3, 0.4) is 0 Å². The van der Waals surface area contributed by atoms with Gasteiger partial charge in [0.2, 0.25) is 0 Å². The molecule has 6 rings (SSSR count). The first-order valence-corrected chi connectivity index (χ1v) is 12.3. The lowest BCUT2D eigenvalue weighted by Gasteiger charge is -2.41. The van der Waals surface area contributed by atoms with Crippen LogP contribution in [-0.4, -0.2) is 25.7 Å². The summed E-state index contributed by atoms with van der Waals surface area (Å²) in [5.41, 5.74) is 0. The van der Waals surface area contributed by atoms with Crippen molar-refractivity contribution >= 4 is 0 Å². The van der Waals surface area contributed by atoms with E-state index in [0.29, 0.717) is 0 Å². The second-order valence-corrected chi connectivity index (χ2v) is 10.2. The molecule has 26 heavy (non-hydrogen) atoms. The van der Waals surface area contributed by atoms with E-state index < -0.39 is 0 Å². The van der Waals surface area contributed by atoms with Crippen molar-refractivity contribution in [3.8, 4) is 0 Å². The smallest absolute Gasteiger partial charge is 0.0108 e. The van der Waals surface area contributed by atoms with Crippen molar-refractivity contribution in [2.24, 2.45) is 29.6 Å². The molecule has 0 spiro atoms. The summed E-state index contributed by atoms with van der Waals surface area (Å²) in [6.45, 7) is 3.90. The number of hydrogen-bond donors (Lipinski definition) is 2. The maximum Gasteiger partial charge on any atom is 0.0108 e. The Bertz CT molecular complexity index is 347. The molecule has 6 fully saturated rings. The Balaban J connectivity index is 0.0000000972. The Morgan fingerprint density at radius 3 is 1.46 bits per heavy atom. The molecule has 4 aliphatic carbocycles. The molecule has 150 valence electrons. The van der Waals surface area contributed by atoms with Crippen LogP contribution in [-0.2, 0) is 0 Å². The van der Waals surface area contributed by atoms with Gasteiger partial charge in [-0.1, -0.05) is 70.6 Å². The van der Waals surface area contributed by atoms with Crippen LogP contribution in [0.2, 0.25) is 0 Å². The van der Waals surface area contributed by atoms with Crippen LogP contribution in [0.25, 0.3) is 0 Å². The van der Waals surface area contributed by atoms with E-state index >= 15 is 0 Å². The van der Waals surface area contributed by atoms with E-state index in [-0.39, 0.29) is 0 Å². The van der Waals surface area contributed by atoms with Crippen LogP contribution >= 0.6 is 0 Å². The molecule has 0 aromatic rings. The maximum atomic E-state index is 3.46. The van der Waals surface area contributed by atoms with Crippen LogP contribution in [0.5, 0.6) is 0 Å². The second kappa shape index (κ2) is 9.92. The van der Waals surface area contributed by atoms with E-state index in [1.165, 1.54) is 102 Å². The molecule has 4 saturated carbocycles. The van der Waals surface area contributed by atoms with Gasteiger partial charge in [-0.2, -0.15) is 0 Å². The molecule has 6 aliphatic rings. The van der Waals surface area contributed by atoms with Gasteiger partial charge in [-0.05, 0) is 74.9 Å². The summed E-state index contributed by atoms with van der Waals surface area (Å²) in [7, 11) is 0. The van der Waals surface area contributed by atoms with Gasteiger partial charge in [0.1, 0.15) is 0 Å². The van der Waals surface area contributed by atoms with Crippen LogP contribution in [0.15, 0.2) is 0 Å². The van der Waals surface area contributed by atoms with Crippen molar-refractivity contribution in [2.75, 3.05) is 19.6 Å². The van der Waals surface area contributed by atoms with Crippen LogP contribution in [0, 0.1) is 29.6 Å². The fraction of sp³-hybridized carbons (Fsp3) is 1.00. The minimum Gasteiger partial charge on any atom is -0.316 e. The normalized spacial score (nSPS) is 43.4. The molecule has 0 aromatic carbocycles. The van der Waals surface area contributed by atoms with Crippen molar-refractivity contribution < 1.29 is 0 Å². The lowest BCUT2D eigenvalue weighted by atomic mass is 9.79. The van der Waals surface area contributed by atoms with E-state index in [0.717, 1.165) is 23.8 Å². The lowest BCUT2D eigenvalue weighted by molar-refractivity contribution is 0.166. The van der Waals surface area contributed by atoms with Gasteiger partial charge < -0.3 is 10.6 Å². The number of nitrogens with one attached hydrogen (secondary N) is 2. The van der Waals surface area contributed by atoms with Crippen LogP contribution < -0.4 is 10.6 Å². The molecular weight excluding hydrogens is 316 g/mol. The fourth-order valence-electron chi connectivity index (χ4n) is 6.89. The molecule has 2 N–H and O–H groups in total. The van der Waals surface area contributed by atoms with E-state index in [1.807, 2.05) is 0 Å². The molecule has 6 atom stereocenters. The summed E-state index contributed by atoms with van der Waals surface area (Å²) in [6, 6.07) is 0.934. The SMILES string of the molecule is C1CC2CCNCC2C1.C1CCC2CCCC2C1.C1CCC2NCC2C1. The molecule has 0 amide bonds. The van der Waals surface area contributed by atoms with Crippen LogP contribution in [0.4, 0.5) is 0 Å². The second-order valence-electron chi connectivity index (χ2n) is 10.2. The van der Waals surface area contributed by atoms with Crippen LogP contribution in [0.1, 0.15) is 96.3 Å². The Labute approximate surface area is 162 Å². The van der Waals surface area contributed by atoms with Crippen molar-refractivity contribution in [1.82, 2.24) is 10.6 Å². The van der Waals surface area contributed by atoms with Gasteiger partial charge in [0.25, 0.3) is 0 Å². The molecule has 2 heterocycles. The third kappa shape index (κ3) is 5.04. The van der Waals surface area contributed by atoms with E-state index in [2.05, 4.69) is 10.6 Å². The van der Waals surface area contributed by atoms with Gasteiger partial charge >= 0.3 is 0 Å². The third-order valence-corrected chi connectivity index (χ3v) is 8.68. The molecule has 2 aliphatic heterocycles. The molecular formula is C24H44N2. The van der Waals surface area contributed by atoms with Gasteiger partial charge in [-0.15, -0.1) is 0 Å². The average Bonchev–Trinajstić information content (AvgIpc) is 3.33. The van der Waals surface area contributed by atoms with Gasteiger partial charge in [-0.3, -0.25) is 0 Å². The van der Waals surface area contributed by atoms with E-state index in [1.54, 1.807) is 25.7 Å². The molecule has 6 unspecified atom stereocenters. The first-order valence-electron chi connectivity index (χ1n) is 12.3. The van der Waals surface area contributed by atoms with Gasteiger partial charge in [0.15, 0.2) is 0 Å². The predicted molar refractivity (Wildman–Crippen MR) is 111 cm³/mol. The highest BCUT2D eigenvalue weighted by Gasteiger charge is 2.32. The Kier molecular flexibility index (Phi) is 7.34. The summed E-state index contributed by atoms with van der Waals surface area (Å²) >= 11 is 0. The summed E-state index contributed by atoms with van der Waals surface area (Å²) in [5.74, 6) is 5.56. The Morgan fingerprint density at radius 1 is 0.423 bits per heavy atom. The molecule has 2 saturated heterocycles. The average molecular weight is 361 g/mol. The zero-order valence-electron chi connectivity index (χ0n) is 17.2. The number of hydrogen-bond acceptors (Lipinski definition) is 2. The highest BCUT2D eigenvalue weighted by molar-refractivity contribution is 4.90. The number of rotatable bonds is 0. The summed E-state index contributed by atoms with van der Waals surface area (Å²) in [6.07, 6.45) is 22.7. The summed E-state index contributed by atoms with van der Waals surface area (Å²) < 4.78 is 0. The highest BCUT2D eigenvalue weighted by atomic mass is 15.0. The minimum absolute atomic E-state index is 0.934. The van der Waals surface area contributed by atoms with Gasteiger partial charge in [-0.25, -0.2) is 0 Å². The zero-order chi connectivity index (χ0) is 17.6. The summed E-state index contributed by atoms with van der Waals surface area (Å²) in [5, 5.41) is 6.90. The lowest BCUT2D eigenvalue weighted by Crippen LogP contribution is -2.54. The number of piperidine rings is 1. The first kappa shape index (κ1) is 19.2. The Morgan fingerprint density at radius 2 is 0.962 bits per heavy atom. The zero-order valence-corrected chi connectivity index (χ0v) is 17.2. The standard InChI is InChI=1S/C9H16.C8H15N.C7H13N/c1-2-5-9-7-3-6-8(9)4-1;1-2-7-4-5-9-6-8(7)3-1;1-2-4-7-6(3-1)5-8-7/h8-9H,1-7H2;7-9H,1-6H2;6-8H,1-5H2. The van der Waals surface area contributed by atoms with Crippen molar-refractivity contribution in [3.63, 3.8) is 0 Å². The van der Waals surface area contributed by atoms with Crippen molar-refractivity contribution in [1.29, 1.82) is 0 Å². The quantitative estimate of drug-likeness (QED) is 0.594. The summed E-state index contributed by atoms with van der Waals surface area (Å²) in [4.78, 5) is 0.